The third-order valence-electron chi connectivity index (χ3n) is 1.73. The number of aromatic amines is 1. The maximum Gasteiger partial charge on any atom is 0.297 e. The van der Waals surface area contributed by atoms with E-state index in [0.29, 0.717) is 17.6 Å². The van der Waals surface area contributed by atoms with Crippen molar-refractivity contribution in [1.82, 2.24) is 15.0 Å². The molecule has 0 aromatic carbocycles. The van der Waals surface area contributed by atoms with Crippen LogP contribution in [0.3, 0.4) is 0 Å². The molecule has 0 aromatic heterocycles. The summed E-state index contributed by atoms with van der Waals surface area (Å²) in [5, 5.41) is 0. The summed E-state index contributed by atoms with van der Waals surface area (Å²) in [6, 6.07) is 2.25. The second-order valence-electron chi connectivity index (χ2n) is 2.46. The van der Waals surface area contributed by atoms with Gasteiger partial charge in [-0.25, -0.2) is 4.98 Å². The van der Waals surface area contributed by atoms with E-state index in [0.717, 1.165) is 5.69 Å². The van der Waals surface area contributed by atoms with Gasteiger partial charge >= 0.3 is 0 Å². The number of fused-ring (bicyclic) bond motifs is 1. The molecular formula is C8H9N3O2. The summed E-state index contributed by atoms with van der Waals surface area (Å²) in [5.41, 5.74) is 1.56. The van der Waals surface area contributed by atoms with Crippen LogP contribution in [0.25, 0.3) is 11.4 Å². The molecule has 0 saturated heterocycles. The Hall–Kier alpha value is -1.78. The van der Waals surface area contributed by atoms with Crippen LogP contribution in [0.4, 0.5) is 0 Å². The van der Waals surface area contributed by atoms with Gasteiger partial charge in [0.2, 0.25) is 5.88 Å². The second kappa shape index (κ2) is 2.93. The van der Waals surface area contributed by atoms with E-state index in [2.05, 4.69) is 15.0 Å². The Labute approximate surface area is 75.1 Å². The fourth-order valence-corrected chi connectivity index (χ4v) is 1.13. The molecule has 0 radical (unpaired) electrons. The molecule has 68 valence electrons. The van der Waals surface area contributed by atoms with Crippen LogP contribution in [0.2, 0.25) is 0 Å². The van der Waals surface area contributed by atoms with Crippen molar-refractivity contribution < 1.29 is 9.47 Å². The van der Waals surface area contributed by atoms with Crippen molar-refractivity contribution in [3.8, 4) is 23.3 Å². The maximum absolute atomic E-state index is 5.05. The van der Waals surface area contributed by atoms with Gasteiger partial charge in [-0.3, -0.25) is 0 Å². The Morgan fingerprint density at radius 2 is 2.15 bits per heavy atom. The van der Waals surface area contributed by atoms with E-state index in [1.807, 2.05) is 6.07 Å². The van der Waals surface area contributed by atoms with Crippen molar-refractivity contribution in [2.45, 2.75) is 0 Å². The molecule has 5 nitrogen and oxygen atoms in total. The van der Waals surface area contributed by atoms with Gasteiger partial charge in [0.25, 0.3) is 6.01 Å². The van der Waals surface area contributed by atoms with Gasteiger partial charge in [-0.1, -0.05) is 0 Å². The highest BCUT2D eigenvalue weighted by molar-refractivity contribution is 5.62. The quantitative estimate of drug-likeness (QED) is 0.744. The fraction of sp³-hybridized carbons (Fsp3) is 0.250. The van der Waals surface area contributed by atoms with Crippen molar-refractivity contribution in [2.75, 3.05) is 14.2 Å². The fourth-order valence-electron chi connectivity index (χ4n) is 1.13. The van der Waals surface area contributed by atoms with Crippen LogP contribution >= 0.6 is 0 Å². The lowest BCUT2D eigenvalue weighted by atomic mass is 10.3. The summed E-state index contributed by atoms with van der Waals surface area (Å²) in [6.07, 6.45) is 1.69. The van der Waals surface area contributed by atoms with Gasteiger partial charge in [0.1, 0.15) is 5.69 Å². The van der Waals surface area contributed by atoms with Crippen LogP contribution < -0.4 is 9.47 Å². The first-order valence-corrected chi connectivity index (χ1v) is 3.78. The van der Waals surface area contributed by atoms with Gasteiger partial charge < -0.3 is 14.5 Å². The highest BCUT2D eigenvalue weighted by Crippen LogP contribution is 2.28. The third kappa shape index (κ3) is 1.18. The second-order valence-corrected chi connectivity index (χ2v) is 2.46. The predicted molar refractivity (Wildman–Crippen MR) is 46.1 cm³/mol. The first kappa shape index (κ1) is 7.85. The highest BCUT2D eigenvalue weighted by atomic mass is 16.5. The zero-order valence-electron chi connectivity index (χ0n) is 7.37. The van der Waals surface area contributed by atoms with Gasteiger partial charge in [0.05, 0.1) is 19.9 Å². The molecule has 2 rings (SSSR count). The molecule has 2 aliphatic rings. The van der Waals surface area contributed by atoms with E-state index in [1.165, 1.54) is 0 Å². The van der Waals surface area contributed by atoms with Crippen LogP contribution in [-0.2, 0) is 0 Å². The van der Waals surface area contributed by atoms with E-state index in [-0.39, 0.29) is 0 Å². The van der Waals surface area contributed by atoms with E-state index >= 15 is 0 Å². The minimum atomic E-state index is 0.414. The maximum atomic E-state index is 5.05. The van der Waals surface area contributed by atoms with Crippen LogP contribution in [-0.4, -0.2) is 29.2 Å². The Morgan fingerprint density at radius 1 is 1.31 bits per heavy atom. The first-order chi connectivity index (χ1) is 6.35. The minimum Gasteiger partial charge on any atom is -0.479 e. The van der Waals surface area contributed by atoms with Gasteiger partial charge in [-0.15, -0.1) is 0 Å². The summed E-state index contributed by atoms with van der Waals surface area (Å²) in [7, 11) is 3.09. The SMILES string of the molecule is COc1nc(OC)c2nccc-2[nH]1. The molecule has 0 fully saturated rings. The number of aromatic nitrogens is 3. The lowest BCUT2D eigenvalue weighted by molar-refractivity contribution is 0.352. The zero-order chi connectivity index (χ0) is 9.26. The van der Waals surface area contributed by atoms with E-state index in [4.69, 9.17) is 9.47 Å². The van der Waals surface area contributed by atoms with Crippen molar-refractivity contribution in [3.05, 3.63) is 12.3 Å². The summed E-state index contributed by atoms with van der Waals surface area (Å²) in [5.74, 6) is 0.468. The zero-order valence-corrected chi connectivity index (χ0v) is 7.37. The van der Waals surface area contributed by atoms with Crippen molar-refractivity contribution in [2.24, 2.45) is 0 Å². The average molecular weight is 179 g/mol. The van der Waals surface area contributed by atoms with Gasteiger partial charge in [-0.05, 0) is 6.07 Å². The van der Waals surface area contributed by atoms with Gasteiger partial charge in [-0.2, -0.15) is 4.98 Å². The molecule has 0 amide bonds. The minimum absolute atomic E-state index is 0.414. The van der Waals surface area contributed by atoms with E-state index in [9.17, 15) is 0 Å². The molecule has 0 atom stereocenters. The number of hydrogen-bond donors (Lipinski definition) is 1. The standard InChI is InChI=1S/C8H9N3O2/c1-12-7-6-5(3-4-9-6)10-8(11-7)13-2/h3-4H,1-2H3,(H,10,11). The lowest BCUT2D eigenvalue weighted by Gasteiger charge is -2.06. The summed E-state index contributed by atoms with van der Waals surface area (Å²) >= 11 is 0. The molecule has 13 heavy (non-hydrogen) atoms. The van der Waals surface area contributed by atoms with E-state index in [1.54, 1.807) is 20.4 Å². The first-order valence-electron chi connectivity index (χ1n) is 3.78. The summed E-state index contributed by atoms with van der Waals surface area (Å²) < 4.78 is 10.0. The monoisotopic (exact) mass is 179 g/mol. The molecule has 0 aromatic rings. The van der Waals surface area contributed by atoms with Crippen LogP contribution in [0.1, 0.15) is 0 Å². The van der Waals surface area contributed by atoms with Crippen LogP contribution in [0, 0.1) is 0 Å². The summed E-state index contributed by atoms with van der Waals surface area (Å²) in [4.78, 5) is 11.1. The molecule has 1 N–H and O–H groups in total. The van der Waals surface area contributed by atoms with Crippen LogP contribution in [0.5, 0.6) is 11.9 Å². The molecular weight excluding hydrogens is 170 g/mol. The topological polar surface area (TPSA) is 60.0 Å². The largest absolute Gasteiger partial charge is 0.479 e. The highest BCUT2D eigenvalue weighted by Gasteiger charge is 2.14. The van der Waals surface area contributed by atoms with Gasteiger partial charge in [0.15, 0.2) is 0 Å². The number of nitrogens with one attached hydrogen (secondary N) is 1. The Balaban J connectivity index is 2.62. The average Bonchev–Trinajstić information content (AvgIpc) is 2.63. The molecule has 0 spiro atoms. The number of hydrogen-bond acceptors (Lipinski definition) is 4. The van der Waals surface area contributed by atoms with Gasteiger partial charge in [0, 0.05) is 6.20 Å². The normalized spacial score (nSPS) is 10.3. The van der Waals surface area contributed by atoms with Crippen molar-refractivity contribution >= 4 is 0 Å². The Bertz CT molecular complexity index is 385. The molecule has 2 heterocycles. The number of methoxy groups -OCH3 is 2. The van der Waals surface area contributed by atoms with E-state index < -0.39 is 0 Å². The molecule has 5 heteroatoms. The molecule has 2 aliphatic heterocycles. The molecule has 0 unspecified atom stereocenters. The predicted octanol–water partition coefficient (Wildman–Crippen LogP) is 0.927. The van der Waals surface area contributed by atoms with Crippen LogP contribution in [0.15, 0.2) is 12.3 Å². The molecule has 0 bridgehead atoms. The number of nitrogens with zero attached hydrogens (tertiary/aromatic N) is 2. The Morgan fingerprint density at radius 3 is 2.85 bits per heavy atom. The number of H-pyrrole nitrogens is 1. The lowest BCUT2D eigenvalue weighted by Crippen LogP contribution is -1.99. The third-order valence-corrected chi connectivity index (χ3v) is 1.73. The number of ether oxygens (including phenoxy) is 2. The number of rotatable bonds is 2. The smallest absolute Gasteiger partial charge is 0.297 e. The molecule has 0 saturated carbocycles. The summed E-state index contributed by atoms with van der Waals surface area (Å²) in [6.45, 7) is 0. The van der Waals surface area contributed by atoms with Crippen molar-refractivity contribution in [3.63, 3.8) is 0 Å². The molecule has 0 aliphatic carbocycles. The van der Waals surface area contributed by atoms with Crippen molar-refractivity contribution in [1.29, 1.82) is 0 Å². The Kier molecular flexibility index (Phi) is 1.77.